The van der Waals surface area contributed by atoms with E-state index >= 15 is 0 Å². The Morgan fingerprint density at radius 2 is 0.871 bits per heavy atom. The van der Waals surface area contributed by atoms with Gasteiger partial charge in [-0.05, 0) is 101 Å². The van der Waals surface area contributed by atoms with Gasteiger partial charge in [0.25, 0.3) is 0 Å². The zero-order valence-electron chi connectivity index (χ0n) is 44.9. The molecule has 3 heterocycles. The molecule has 0 bridgehead atoms. The van der Waals surface area contributed by atoms with E-state index in [1.807, 2.05) is 65.3 Å². The molecule has 7 aromatic rings. The smallest absolute Gasteiger partial charge is 0.146 e. The predicted molar refractivity (Wildman–Crippen MR) is 289 cm³/mol. The Morgan fingerprint density at radius 3 is 1.27 bits per heavy atom. The van der Waals surface area contributed by atoms with E-state index in [1.54, 1.807) is 0 Å². The fourth-order valence-electron chi connectivity index (χ4n) is 10.4. The van der Waals surface area contributed by atoms with Crippen molar-refractivity contribution >= 4 is 22.1 Å². The van der Waals surface area contributed by atoms with Gasteiger partial charge in [-0.15, -0.1) is 35.1 Å². The van der Waals surface area contributed by atoms with Crippen LogP contribution in [-0.4, -0.2) is 55.2 Å². The molecule has 0 aliphatic carbocycles. The van der Waals surface area contributed by atoms with Gasteiger partial charge in [0.2, 0.25) is 0 Å². The number of aromatic hydroxyl groups is 2. The zero-order chi connectivity index (χ0) is 50.7. The number of benzene rings is 4. The highest BCUT2D eigenvalue weighted by Gasteiger charge is 2.32. The van der Waals surface area contributed by atoms with Crippen molar-refractivity contribution in [2.75, 3.05) is 0 Å². The number of hydrogen-bond acceptors (Lipinski definition) is 8. The number of nitrogens with zero attached hydrogens (tertiary/aromatic N) is 9. The summed E-state index contributed by atoms with van der Waals surface area (Å²) in [6, 6.07) is 23.6. The zero-order valence-corrected chi connectivity index (χ0v) is 44.9. The lowest BCUT2D eigenvalue weighted by Gasteiger charge is -2.34. The van der Waals surface area contributed by atoms with Crippen molar-refractivity contribution in [2.45, 2.75) is 203 Å². The minimum absolute atomic E-state index is 0.0702. The van der Waals surface area contributed by atoms with E-state index in [9.17, 15) is 10.2 Å². The lowest BCUT2D eigenvalue weighted by atomic mass is 9.71. The van der Waals surface area contributed by atoms with Gasteiger partial charge in [0, 0.05) is 30.3 Å². The maximum atomic E-state index is 12.0. The van der Waals surface area contributed by atoms with Crippen LogP contribution in [0.5, 0.6) is 11.5 Å². The Hall–Kier alpha value is -5.58. The minimum atomic E-state index is -0.231. The van der Waals surface area contributed by atoms with Crippen molar-refractivity contribution < 1.29 is 10.2 Å². The molecule has 2 N–H and O–H groups in total. The van der Waals surface area contributed by atoms with Crippen LogP contribution in [0.1, 0.15) is 201 Å². The maximum absolute atomic E-state index is 12.0. The Balaban J connectivity index is 0.000000321. The number of hydrogen-bond donors (Lipinski definition) is 2. The highest BCUT2D eigenvalue weighted by atomic mass is 16.3. The van der Waals surface area contributed by atoms with Gasteiger partial charge in [-0.2, -0.15) is 0 Å². The molecule has 0 spiro atoms. The number of aryl methyl sites for hydroxylation is 2. The first-order valence-corrected chi connectivity index (χ1v) is 26.4. The van der Waals surface area contributed by atoms with Crippen LogP contribution in [0.2, 0.25) is 0 Å². The molecule has 0 unspecified atom stereocenters. The molecule has 3 aromatic heterocycles. The number of aromatic nitrogens is 9. The minimum Gasteiger partial charge on any atom is -0.505 e. The largest absolute Gasteiger partial charge is 0.505 e. The summed E-state index contributed by atoms with van der Waals surface area (Å²) in [6.07, 6.45) is 21.5. The normalized spacial score (nSPS) is 12.5. The summed E-state index contributed by atoms with van der Waals surface area (Å²) in [4.78, 5) is 3.07. The average molecular weight is 952 g/mol. The van der Waals surface area contributed by atoms with E-state index in [0.717, 1.165) is 59.0 Å². The second-order valence-corrected chi connectivity index (χ2v) is 23.6. The van der Waals surface area contributed by atoms with E-state index in [2.05, 4.69) is 112 Å². The van der Waals surface area contributed by atoms with Crippen LogP contribution < -0.4 is 0 Å². The monoisotopic (exact) mass is 952 g/mol. The van der Waals surface area contributed by atoms with Gasteiger partial charge in [-0.25, -0.2) is 0 Å². The fraction of sp³-hybridized carbons (Fsp3) is 0.559. The van der Waals surface area contributed by atoms with Crippen LogP contribution in [0.3, 0.4) is 0 Å². The first-order valence-electron chi connectivity index (χ1n) is 26.4. The van der Waals surface area contributed by atoms with Gasteiger partial charge in [-0.3, -0.25) is 4.68 Å². The molecule has 0 saturated carbocycles. The number of phenolic OH excluding ortho intramolecular Hbond substituents is 2. The van der Waals surface area contributed by atoms with Gasteiger partial charge >= 0.3 is 0 Å². The number of phenols is 2. The summed E-state index contributed by atoms with van der Waals surface area (Å²) in [5.41, 5.74) is 8.36. The van der Waals surface area contributed by atoms with Crippen LogP contribution in [0.4, 0.5) is 0 Å². The Labute approximate surface area is 419 Å². The molecule has 0 fully saturated rings. The standard InChI is InChI=1S/C41H50N6O2.C18H35N3/c1-38(2,3)24-40(7,8)28-20-26(36(48)34(22-28)46-42-30-15-11-12-16-31(30)43-46)19-27-21-29(41(9,10)25-39(4,5)6)23-35(37(27)49)47-44-32-17-13-14-18-33(32)45-47;1-3-5-7-9-11-13-15-18-17-21(20-19-18)16-14-12-10-8-6-4-2/h11-18,20-23,48-49H,19,24-25H2,1-10H3;17H,3-16H2,1-2H3. The summed E-state index contributed by atoms with van der Waals surface area (Å²) in [5.74, 6) is 0.165. The molecule has 0 amide bonds. The van der Waals surface area contributed by atoms with Crippen LogP contribution >= 0.6 is 0 Å². The van der Waals surface area contributed by atoms with Crippen molar-refractivity contribution in [2.24, 2.45) is 10.8 Å². The lowest BCUT2D eigenvalue weighted by Crippen LogP contribution is -2.25. The summed E-state index contributed by atoms with van der Waals surface area (Å²) >= 11 is 0. The fourth-order valence-corrected chi connectivity index (χ4v) is 10.4. The van der Waals surface area contributed by atoms with Crippen LogP contribution in [0, 0.1) is 10.8 Å². The van der Waals surface area contributed by atoms with E-state index < -0.39 is 0 Å². The third-order valence-corrected chi connectivity index (χ3v) is 13.3. The van der Waals surface area contributed by atoms with E-state index in [1.165, 1.54) is 92.3 Å². The van der Waals surface area contributed by atoms with Crippen molar-refractivity contribution in [1.82, 2.24) is 45.0 Å². The van der Waals surface area contributed by atoms with Crippen molar-refractivity contribution in [1.29, 1.82) is 0 Å². The maximum Gasteiger partial charge on any atom is 0.146 e. The highest BCUT2D eigenvalue weighted by molar-refractivity contribution is 5.75. The SMILES string of the molecule is CC(C)(C)CC(C)(C)c1cc(Cc2cc(C(C)(C)CC(C)(C)C)cc(-n3nc4ccccc4n3)c2O)c(O)c(-n2nc3ccccc3n2)c1.CCCCCCCCc1cn(CCCCCCCC)nn1. The van der Waals surface area contributed by atoms with Gasteiger partial charge in [-0.1, -0.05) is 189 Å². The Kier molecular flexibility index (Phi) is 18.1. The van der Waals surface area contributed by atoms with Crippen molar-refractivity contribution in [3.05, 3.63) is 107 Å². The third-order valence-electron chi connectivity index (χ3n) is 13.3. The number of rotatable bonds is 22. The van der Waals surface area contributed by atoms with E-state index in [0.29, 0.717) is 22.5 Å². The molecule has 0 radical (unpaired) electrons. The molecule has 11 heteroatoms. The summed E-state index contributed by atoms with van der Waals surface area (Å²) in [5, 5.41) is 51.5. The molecule has 378 valence electrons. The van der Waals surface area contributed by atoms with Crippen LogP contribution in [0.15, 0.2) is 79.0 Å². The molecule has 0 atom stereocenters. The Morgan fingerprint density at radius 1 is 0.486 bits per heavy atom. The van der Waals surface area contributed by atoms with Crippen LogP contribution in [-0.2, 0) is 30.2 Å². The molecule has 0 saturated heterocycles. The Bertz CT molecular complexity index is 2490. The van der Waals surface area contributed by atoms with Gasteiger partial charge in [0.05, 0.1) is 5.69 Å². The van der Waals surface area contributed by atoms with Crippen LogP contribution in [0.25, 0.3) is 33.4 Å². The molecule has 11 nitrogen and oxygen atoms in total. The van der Waals surface area contributed by atoms with E-state index in [4.69, 9.17) is 20.4 Å². The molecular formula is C59H85N9O2. The molecular weight excluding hydrogens is 867 g/mol. The topological polar surface area (TPSA) is 133 Å². The van der Waals surface area contributed by atoms with Crippen molar-refractivity contribution in [3.63, 3.8) is 0 Å². The first kappa shape index (κ1) is 53.8. The first-order chi connectivity index (χ1) is 33.2. The summed E-state index contributed by atoms with van der Waals surface area (Å²) in [6.45, 7) is 28.0. The molecule has 4 aromatic carbocycles. The predicted octanol–water partition coefficient (Wildman–Crippen LogP) is 15.1. The van der Waals surface area contributed by atoms with Gasteiger partial charge in [0.15, 0.2) is 0 Å². The highest BCUT2D eigenvalue weighted by Crippen LogP contribution is 2.43. The molecule has 0 aliphatic rings. The molecule has 70 heavy (non-hydrogen) atoms. The van der Waals surface area contributed by atoms with E-state index in [-0.39, 0.29) is 39.6 Å². The second-order valence-electron chi connectivity index (χ2n) is 23.6. The lowest BCUT2D eigenvalue weighted by molar-refractivity contribution is 0.283. The summed E-state index contributed by atoms with van der Waals surface area (Å²) < 4.78 is 2.03. The quantitative estimate of drug-likeness (QED) is 0.0642. The summed E-state index contributed by atoms with van der Waals surface area (Å²) in [7, 11) is 0. The third kappa shape index (κ3) is 15.0. The van der Waals surface area contributed by atoms with Crippen molar-refractivity contribution in [3.8, 4) is 22.9 Å². The van der Waals surface area contributed by atoms with Gasteiger partial charge in [0.1, 0.15) is 44.9 Å². The molecule has 7 rings (SSSR count). The second kappa shape index (κ2) is 23.6. The molecule has 0 aliphatic heterocycles. The number of unbranched alkanes of at least 4 members (excludes halogenated alkanes) is 10. The van der Waals surface area contributed by atoms with Gasteiger partial charge < -0.3 is 10.2 Å². The number of fused-ring (bicyclic) bond motifs is 2. The average Bonchev–Trinajstić information content (AvgIpc) is 4.05.